The molecule has 1 aromatic heterocycles. The van der Waals surface area contributed by atoms with Crippen LogP contribution >= 0.6 is 0 Å². The summed E-state index contributed by atoms with van der Waals surface area (Å²) in [7, 11) is 0. The summed E-state index contributed by atoms with van der Waals surface area (Å²) >= 11 is 0. The van der Waals surface area contributed by atoms with Crippen LogP contribution in [0.5, 0.6) is 0 Å². The molecule has 0 saturated carbocycles. The van der Waals surface area contributed by atoms with Crippen molar-refractivity contribution in [3.8, 4) is 22.4 Å². The van der Waals surface area contributed by atoms with Crippen LogP contribution in [0, 0.1) is 0 Å². The van der Waals surface area contributed by atoms with E-state index in [0.717, 1.165) is 11.1 Å². The van der Waals surface area contributed by atoms with Crippen molar-refractivity contribution in [2.45, 2.75) is 0 Å². The summed E-state index contributed by atoms with van der Waals surface area (Å²) in [5, 5.41) is 9.54. The molecular weight excluding hydrogens is 350 g/mol. The number of rotatable bonds is 4. The number of aromatic nitrogens is 2. The molecule has 2 N–H and O–H groups in total. The fourth-order valence-corrected chi connectivity index (χ4v) is 3.07. The zero-order valence-corrected chi connectivity index (χ0v) is 14.9. The third-order valence-corrected chi connectivity index (χ3v) is 4.35. The molecule has 1 heterocycles. The quantitative estimate of drug-likeness (QED) is 0.563. The molecule has 0 radical (unpaired) electrons. The summed E-state index contributed by atoms with van der Waals surface area (Å²) in [6.45, 7) is 0. The van der Waals surface area contributed by atoms with Gasteiger partial charge in [0.1, 0.15) is 5.56 Å². The summed E-state index contributed by atoms with van der Waals surface area (Å²) in [6, 6.07) is 27.9. The fraction of sp³-hybridized carbons (Fsp3) is 0. The van der Waals surface area contributed by atoms with E-state index in [4.69, 9.17) is 0 Å². The number of H-pyrrole nitrogens is 1. The highest BCUT2D eigenvalue weighted by Gasteiger charge is 2.23. The van der Waals surface area contributed by atoms with Gasteiger partial charge in [-0.3, -0.25) is 9.59 Å². The molecule has 4 rings (SSSR count). The predicted octanol–water partition coefficient (Wildman–Crippen LogP) is 4.36. The Morgan fingerprint density at radius 3 is 1.89 bits per heavy atom. The maximum atomic E-state index is 13.1. The lowest BCUT2D eigenvalue weighted by molar-refractivity contribution is 0.102. The van der Waals surface area contributed by atoms with E-state index < -0.39 is 11.5 Å². The number of hydrogen-bond donors (Lipinski definition) is 2. The van der Waals surface area contributed by atoms with Crippen molar-refractivity contribution in [2.75, 3.05) is 5.32 Å². The Bertz CT molecular complexity index is 1150. The number of carbonyl (C=O) groups excluding carboxylic acids is 1. The average Bonchev–Trinajstić information content (AvgIpc) is 2.75. The van der Waals surface area contributed by atoms with Crippen molar-refractivity contribution in [1.82, 2.24) is 10.2 Å². The SMILES string of the molecule is O=C(Nc1ccccc1)c1c(-c2ccccc2)c(-c2ccccc2)n[nH]c1=O. The highest BCUT2D eigenvalue weighted by atomic mass is 16.2. The van der Waals surface area contributed by atoms with Gasteiger partial charge >= 0.3 is 0 Å². The molecule has 28 heavy (non-hydrogen) atoms. The lowest BCUT2D eigenvalue weighted by Crippen LogP contribution is -2.26. The van der Waals surface area contributed by atoms with Gasteiger partial charge in [-0.1, -0.05) is 78.9 Å². The van der Waals surface area contributed by atoms with Gasteiger partial charge in [0.15, 0.2) is 0 Å². The number of anilines is 1. The number of para-hydroxylation sites is 1. The smallest absolute Gasteiger partial charge is 0.277 e. The molecule has 0 bridgehead atoms. The number of amides is 1. The molecule has 136 valence electrons. The van der Waals surface area contributed by atoms with Crippen molar-refractivity contribution in [1.29, 1.82) is 0 Å². The first kappa shape index (κ1) is 17.4. The Kier molecular flexibility index (Phi) is 4.80. The maximum Gasteiger partial charge on any atom is 0.277 e. The molecule has 4 aromatic rings. The second-order valence-corrected chi connectivity index (χ2v) is 6.20. The molecule has 0 spiro atoms. The Balaban J connectivity index is 1.92. The highest BCUT2D eigenvalue weighted by molar-refractivity contribution is 6.10. The van der Waals surface area contributed by atoms with Gasteiger partial charge in [0, 0.05) is 16.8 Å². The van der Waals surface area contributed by atoms with Crippen LogP contribution in [0.2, 0.25) is 0 Å². The van der Waals surface area contributed by atoms with E-state index in [1.54, 1.807) is 12.1 Å². The molecule has 0 aliphatic heterocycles. The van der Waals surface area contributed by atoms with Gasteiger partial charge in [-0.15, -0.1) is 0 Å². The summed E-state index contributed by atoms with van der Waals surface area (Å²) in [4.78, 5) is 25.7. The second kappa shape index (κ2) is 7.72. The number of carbonyl (C=O) groups is 1. The highest BCUT2D eigenvalue weighted by Crippen LogP contribution is 2.31. The molecular formula is C23H17N3O2. The lowest BCUT2D eigenvalue weighted by atomic mass is 9.95. The van der Waals surface area contributed by atoms with E-state index in [1.807, 2.05) is 78.9 Å². The van der Waals surface area contributed by atoms with Gasteiger partial charge in [0.05, 0.1) is 5.69 Å². The number of hydrogen-bond acceptors (Lipinski definition) is 3. The predicted molar refractivity (Wildman–Crippen MR) is 110 cm³/mol. The first-order valence-corrected chi connectivity index (χ1v) is 8.84. The van der Waals surface area contributed by atoms with Crippen molar-refractivity contribution >= 4 is 11.6 Å². The Morgan fingerprint density at radius 2 is 1.29 bits per heavy atom. The Hall–Kier alpha value is -3.99. The van der Waals surface area contributed by atoms with E-state index in [2.05, 4.69) is 15.5 Å². The first-order valence-electron chi connectivity index (χ1n) is 8.84. The number of nitrogens with one attached hydrogen (secondary N) is 2. The molecule has 0 saturated heterocycles. The molecule has 5 nitrogen and oxygen atoms in total. The standard InChI is InChI=1S/C23H17N3O2/c27-22(24-18-14-8-3-9-15-18)20-19(16-10-4-1-5-11-16)21(25-26-23(20)28)17-12-6-2-7-13-17/h1-15H,(H,24,27)(H,26,28). The lowest BCUT2D eigenvalue weighted by Gasteiger charge is -2.14. The third-order valence-electron chi connectivity index (χ3n) is 4.35. The molecule has 0 atom stereocenters. The van der Waals surface area contributed by atoms with Crippen LogP contribution in [0.3, 0.4) is 0 Å². The molecule has 3 aromatic carbocycles. The van der Waals surface area contributed by atoms with E-state index in [1.165, 1.54) is 0 Å². The molecule has 1 amide bonds. The molecule has 0 aliphatic carbocycles. The van der Waals surface area contributed by atoms with Crippen LogP contribution in [-0.2, 0) is 0 Å². The van der Waals surface area contributed by atoms with Crippen LogP contribution in [0.1, 0.15) is 10.4 Å². The van der Waals surface area contributed by atoms with Crippen LogP contribution in [0.4, 0.5) is 5.69 Å². The van der Waals surface area contributed by atoms with Crippen molar-refractivity contribution in [2.24, 2.45) is 0 Å². The average molecular weight is 367 g/mol. The van der Waals surface area contributed by atoms with Gasteiger partial charge in [0.25, 0.3) is 11.5 Å². The van der Waals surface area contributed by atoms with Crippen molar-refractivity contribution in [3.63, 3.8) is 0 Å². The minimum absolute atomic E-state index is 0.0314. The Morgan fingerprint density at radius 1 is 0.750 bits per heavy atom. The zero-order chi connectivity index (χ0) is 19.3. The van der Waals surface area contributed by atoms with E-state index in [0.29, 0.717) is 16.9 Å². The van der Waals surface area contributed by atoms with Crippen molar-refractivity contribution in [3.05, 3.63) is 107 Å². The van der Waals surface area contributed by atoms with Gasteiger partial charge in [-0.05, 0) is 17.7 Å². The molecule has 0 unspecified atom stereocenters. The summed E-state index contributed by atoms with van der Waals surface area (Å²) in [6.07, 6.45) is 0. The molecule has 5 heteroatoms. The van der Waals surface area contributed by atoms with Gasteiger partial charge < -0.3 is 5.32 Å². The van der Waals surface area contributed by atoms with Crippen LogP contribution in [0.15, 0.2) is 95.8 Å². The van der Waals surface area contributed by atoms with E-state index in [-0.39, 0.29) is 5.56 Å². The van der Waals surface area contributed by atoms with Crippen LogP contribution in [0.25, 0.3) is 22.4 Å². The topological polar surface area (TPSA) is 74.8 Å². The Labute approximate surface area is 161 Å². The van der Waals surface area contributed by atoms with E-state index >= 15 is 0 Å². The summed E-state index contributed by atoms with van der Waals surface area (Å²) in [5.41, 5.74) is 2.72. The number of benzene rings is 3. The third kappa shape index (κ3) is 3.46. The zero-order valence-electron chi connectivity index (χ0n) is 14.9. The van der Waals surface area contributed by atoms with Gasteiger partial charge in [-0.25, -0.2) is 5.10 Å². The second-order valence-electron chi connectivity index (χ2n) is 6.20. The van der Waals surface area contributed by atoms with Gasteiger partial charge in [-0.2, -0.15) is 5.10 Å². The molecule has 0 aliphatic rings. The minimum atomic E-state index is -0.535. The first-order chi connectivity index (χ1) is 13.7. The maximum absolute atomic E-state index is 13.1. The number of nitrogens with zero attached hydrogens (tertiary/aromatic N) is 1. The van der Waals surface area contributed by atoms with Crippen LogP contribution < -0.4 is 10.9 Å². The number of aromatic amines is 1. The fourth-order valence-electron chi connectivity index (χ4n) is 3.07. The monoisotopic (exact) mass is 367 g/mol. The summed E-state index contributed by atoms with van der Waals surface area (Å²) in [5.74, 6) is -0.481. The van der Waals surface area contributed by atoms with Crippen LogP contribution in [-0.4, -0.2) is 16.1 Å². The minimum Gasteiger partial charge on any atom is -0.322 e. The largest absolute Gasteiger partial charge is 0.322 e. The van der Waals surface area contributed by atoms with E-state index in [9.17, 15) is 9.59 Å². The molecule has 0 fully saturated rings. The summed E-state index contributed by atoms with van der Waals surface area (Å²) < 4.78 is 0. The normalized spacial score (nSPS) is 10.4. The van der Waals surface area contributed by atoms with Crippen molar-refractivity contribution < 1.29 is 4.79 Å². The van der Waals surface area contributed by atoms with Gasteiger partial charge in [0.2, 0.25) is 0 Å².